The number of fused-ring (bicyclic) bond motifs is 1. The van der Waals surface area contributed by atoms with Crippen LogP contribution in [0.25, 0.3) is 11.0 Å². The summed E-state index contributed by atoms with van der Waals surface area (Å²) in [6, 6.07) is 4.10. The van der Waals surface area contributed by atoms with E-state index in [0.29, 0.717) is 22.0 Å². The highest BCUT2D eigenvalue weighted by molar-refractivity contribution is 6.42. The molecular weight excluding hydrogens is 257 g/mol. The van der Waals surface area contributed by atoms with E-state index in [1.54, 1.807) is 6.07 Å². The predicted octanol–water partition coefficient (Wildman–Crippen LogP) is 4.04. The van der Waals surface area contributed by atoms with Crippen molar-refractivity contribution in [3.05, 3.63) is 22.2 Å². The fourth-order valence-electron chi connectivity index (χ4n) is 2.66. The summed E-state index contributed by atoms with van der Waals surface area (Å²) in [5.41, 5.74) is 7.81. The first-order valence-electron chi connectivity index (χ1n) is 5.79. The van der Waals surface area contributed by atoms with Crippen LogP contribution in [0.15, 0.2) is 12.1 Å². The molecule has 1 heterocycles. The van der Waals surface area contributed by atoms with E-state index in [2.05, 4.69) is 9.55 Å². The summed E-state index contributed by atoms with van der Waals surface area (Å²) in [7, 11) is 0. The van der Waals surface area contributed by atoms with Crippen LogP contribution in [0.3, 0.4) is 0 Å². The van der Waals surface area contributed by atoms with Crippen molar-refractivity contribution in [1.29, 1.82) is 0 Å². The van der Waals surface area contributed by atoms with Crippen LogP contribution in [0, 0.1) is 0 Å². The molecule has 3 rings (SSSR count). The summed E-state index contributed by atoms with van der Waals surface area (Å²) in [6.45, 7) is 0. The van der Waals surface area contributed by atoms with Crippen molar-refractivity contribution >= 4 is 40.2 Å². The molecule has 0 aliphatic heterocycles. The summed E-state index contributed by atoms with van der Waals surface area (Å²) in [6.07, 6.45) is 4.84. The Kier molecular flexibility index (Phi) is 2.68. The number of hydrogen-bond acceptors (Lipinski definition) is 2. The van der Waals surface area contributed by atoms with Gasteiger partial charge in [0, 0.05) is 6.04 Å². The van der Waals surface area contributed by atoms with Crippen molar-refractivity contribution in [2.24, 2.45) is 0 Å². The Morgan fingerprint density at radius 1 is 1.18 bits per heavy atom. The van der Waals surface area contributed by atoms with Gasteiger partial charge in [0.2, 0.25) is 5.95 Å². The highest BCUT2D eigenvalue weighted by Crippen LogP contribution is 2.36. The minimum absolute atomic E-state index is 0.456. The maximum absolute atomic E-state index is 6.06. The van der Waals surface area contributed by atoms with Gasteiger partial charge in [-0.2, -0.15) is 0 Å². The Bertz CT molecular complexity index is 571. The average molecular weight is 270 g/mol. The third kappa shape index (κ3) is 1.78. The fraction of sp³-hybridized carbons (Fsp3) is 0.417. The van der Waals surface area contributed by atoms with Gasteiger partial charge in [0.15, 0.2) is 0 Å². The number of imidazole rings is 1. The molecule has 0 bridgehead atoms. The number of benzene rings is 1. The highest BCUT2D eigenvalue weighted by Gasteiger charge is 2.22. The molecule has 3 nitrogen and oxygen atoms in total. The van der Waals surface area contributed by atoms with Crippen LogP contribution in [0.1, 0.15) is 31.7 Å². The third-order valence-electron chi connectivity index (χ3n) is 3.45. The van der Waals surface area contributed by atoms with Crippen LogP contribution >= 0.6 is 23.2 Å². The molecule has 0 amide bonds. The lowest BCUT2D eigenvalue weighted by molar-refractivity contribution is 0.539. The van der Waals surface area contributed by atoms with E-state index in [-0.39, 0.29) is 0 Å². The molecule has 0 spiro atoms. The van der Waals surface area contributed by atoms with Gasteiger partial charge in [0.25, 0.3) is 0 Å². The molecule has 1 saturated carbocycles. The fourth-order valence-corrected chi connectivity index (χ4v) is 2.97. The number of anilines is 1. The van der Waals surface area contributed by atoms with Crippen molar-refractivity contribution in [2.45, 2.75) is 31.7 Å². The molecule has 0 radical (unpaired) electrons. The van der Waals surface area contributed by atoms with Crippen molar-refractivity contribution < 1.29 is 0 Å². The Balaban J connectivity index is 2.22. The van der Waals surface area contributed by atoms with Gasteiger partial charge >= 0.3 is 0 Å². The van der Waals surface area contributed by atoms with E-state index in [0.717, 1.165) is 23.9 Å². The first kappa shape index (κ1) is 11.2. The first-order chi connectivity index (χ1) is 8.16. The molecule has 2 aromatic rings. The van der Waals surface area contributed by atoms with Crippen molar-refractivity contribution in [2.75, 3.05) is 5.73 Å². The van der Waals surface area contributed by atoms with E-state index in [1.807, 2.05) is 6.07 Å². The highest BCUT2D eigenvalue weighted by atomic mass is 35.5. The van der Waals surface area contributed by atoms with Crippen LogP contribution in [0.2, 0.25) is 10.0 Å². The van der Waals surface area contributed by atoms with E-state index in [4.69, 9.17) is 28.9 Å². The molecule has 0 unspecified atom stereocenters. The van der Waals surface area contributed by atoms with Crippen molar-refractivity contribution in [3.8, 4) is 0 Å². The molecule has 1 fully saturated rings. The third-order valence-corrected chi connectivity index (χ3v) is 4.17. The van der Waals surface area contributed by atoms with Crippen LogP contribution in [0.4, 0.5) is 5.95 Å². The van der Waals surface area contributed by atoms with Crippen molar-refractivity contribution in [1.82, 2.24) is 9.55 Å². The number of aromatic nitrogens is 2. The largest absolute Gasteiger partial charge is 0.369 e. The topological polar surface area (TPSA) is 43.8 Å². The summed E-state index contributed by atoms with van der Waals surface area (Å²) in [5, 5.41) is 1.08. The van der Waals surface area contributed by atoms with E-state index >= 15 is 0 Å². The minimum Gasteiger partial charge on any atom is -0.369 e. The number of rotatable bonds is 1. The summed E-state index contributed by atoms with van der Waals surface area (Å²) in [5.74, 6) is 0.560. The maximum Gasteiger partial charge on any atom is 0.201 e. The van der Waals surface area contributed by atoms with Gasteiger partial charge in [0.1, 0.15) is 0 Å². The zero-order valence-electron chi connectivity index (χ0n) is 9.29. The Labute approximate surface area is 110 Å². The lowest BCUT2D eigenvalue weighted by Gasteiger charge is -2.14. The average Bonchev–Trinajstić information content (AvgIpc) is 2.86. The molecule has 0 saturated heterocycles. The number of hydrogen-bond donors (Lipinski definition) is 1. The predicted molar refractivity (Wildman–Crippen MR) is 71.7 cm³/mol. The summed E-state index contributed by atoms with van der Waals surface area (Å²) in [4.78, 5) is 4.36. The van der Waals surface area contributed by atoms with E-state index in [1.165, 1.54) is 12.8 Å². The SMILES string of the molecule is Nc1nc2cc(Cl)c(Cl)cc2n1C1CCCC1. The molecule has 5 heteroatoms. The zero-order valence-corrected chi connectivity index (χ0v) is 10.8. The monoisotopic (exact) mass is 269 g/mol. The molecule has 1 aromatic carbocycles. The molecule has 1 aliphatic carbocycles. The normalized spacial score (nSPS) is 17.1. The van der Waals surface area contributed by atoms with Gasteiger partial charge in [-0.3, -0.25) is 0 Å². The second kappa shape index (κ2) is 4.07. The Hall–Kier alpha value is -0.930. The molecule has 90 valence electrons. The zero-order chi connectivity index (χ0) is 12.0. The van der Waals surface area contributed by atoms with Crippen LogP contribution in [-0.4, -0.2) is 9.55 Å². The van der Waals surface area contributed by atoms with Gasteiger partial charge in [-0.25, -0.2) is 4.98 Å². The van der Waals surface area contributed by atoms with Crippen LogP contribution < -0.4 is 5.73 Å². The molecule has 1 aromatic heterocycles. The van der Waals surface area contributed by atoms with Crippen molar-refractivity contribution in [3.63, 3.8) is 0 Å². The summed E-state index contributed by atoms with van der Waals surface area (Å²) < 4.78 is 2.10. The lowest BCUT2D eigenvalue weighted by atomic mass is 10.2. The molecule has 2 N–H and O–H groups in total. The van der Waals surface area contributed by atoms with Gasteiger partial charge in [-0.15, -0.1) is 0 Å². The Morgan fingerprint density at radius 3 is 2.53 bits per heavy atom. The van der Waals surface area contributed by atoms with Crippen LogP contribution in [-0.2, 0) is 0 Å². The number of nitrogen functional groups attached to an aromatic ring is 1. The number of nitrogens with two attached hydrogens (primary N) is 1. The smallest absolute Gasteiger partial charge is 0.201 e. The van der Waals surface area contributed by atoms with Gasteiger partial charge in [0.05, 0.1) is 21.1 Å². The molecular formula is C12H13Cl2N3. The first-order valence-corrected chi connectivity index (χ1v) is 6.55. The number of halogens is 2. The van der Waals surface area contributed by atoms with Crippen LogP contribution in [0.5, 0.6) is 0 Å². The lowest BCUT2D eigenvalue weighted by Crippen LogP contribution is -2.08. The second-order valence-electron chi connectivity index (χ2n) is 4.53. The summed E-state index contributed by atoms with van der Waals surface area (Å²) >= 11 is 12.0. The van der Waals surface area contributed by atoms with E-state index in [9.17, 15) is 0 Å². The van der Waals surface area contributed by atoms with Gasteiger partial charge in [-0.05, 0) is 25.0 Å². The number of nitrogens with zero attached hydrogens (tertiary/aromatic N) is 2. The van der Waals surface area contributed by atoms with Gasteiger partial charge < -0.3 is 10.3 Å². The Morgan fingerprint density at radius 2 is 1.82 bits per heavy atom. The maximum atomic E-state index is 6.06. The molecule has 17 heavy (non-hydrogen) atoms. The van der Waals surface area contributed by atoms with Gasteiger partial charge in [-0.1, -0.05) is 36.0 Å². The standard InChI is InChI=1S/C12H13Cl2N3/c13-8-5-10-11(6-9(8)14)17(12(15)16-10)7-3-1-2-4-7/h5-7H,1-4H2,(H2,15,16). The second-order valence-corrected chi connectivity index (χ2v) is 5.35. The molecule has 1 aliphatic rings. The quantitative estimate of drug-likeness (QED) is 0.849. The molecule has 0 atom stereocenters. The minimum atomic E-state index is 0.456. The van der Waals surface area contributed by atoms with E-state index < -0.39 is 0 Å².